The second kappa shape index (κ2) is 40.7. The van der Waals surface area contributed by atoms with Gasteiger partial charge in [-0.2, -0.15) is 26.3 Å². The normalized spacial score (nSPS) is 26.2. The van der Waals surface area contributed by atoms with Crippen LogP contribution < -0.4 is 32.3 Å². The average molecular weight is 1440 g/mol. The van der Waals surface area contributed by atoms with Gasteiger partial charge in [0.2, 0.25) is 23.6 Å². The van der Waals surface area contributed by atoms with Crippen LogP contribution in [0.4, 0.5) is 26.3 Å². The van der Waals surface area contributed by atoms with Crippen molar-refractivity contribution in [3.63, 3.8) is 0 Å². The smallest absolute Gasteiger partial charge is 0.378 e. The molecule has 6 aliphatic rings. The van der Waals surface area contributed by atoms with Crippen LogP contribution in [-0.4, -0.2) is 303 Å². The molecular formula is C59H95F6N9O25. The van der Waals surface area contributed by atoms with Gasteiger partial charge in [-0.05, 0) is 46.1 Å². The Balaban J connectivity index is 0.789. The maximum Gasteiger partial charge on any atom is 0.471 e. The van der Waals surface area contributed by atoms with Crippen LogP contribution in [0.2, 0.25) is 0 Å². The van der Waals surface area contributed by atoms with Gasteiger partial charge >= 0.3 is 24.2 Å². The van der Waals surface area contributed by atoms with Gasteiger partial charge in [-0.25, -0.2) is 0 Å². The van der Waals surface area contributed by atoms with E-state index in [4.69, 9.17) is 101 Å². The van der Waals surface area contributed by atoms with Crippen LogP contribution in [0, 0.1) is 0 Å². The number of alkyl halides is 6. The third-order valence-corrected chi connectivity index (χ3v) is 15.7. The molecule has 6 heterocycles. The number of rotatable bonds is 52. The van der Waals surface area contributed by atoms with E-state index in [1.54, 1.807) is 27.7 Å². The van der Waals surface area contributed by atoms with Gasteiger partial charge in [0, 0.05) is 50.2 Å². The maximum atomic E-state index is 13.4. The molecule has 7 N–H and O–H groups in total. The molecule has 34 nitrogen and oxygen atoms in total. The van der Waals surface area contributed by atoms with E-state index in [9.17, 15) is 55.1 Å². The maximum absolute atomic E-state index is 13.4. The van der Waals surface area contributed by atoms with Crippen molar-refractivity contribution in [1.82, 2.24) is 26.6 Å². The van der Waals surface area contributed by atoms with E-state index in [0.717, 1.165) is 0 Å². The van der Waals surface area contributed by atoms with Crippen LogP contribution in [0.5, 0.6) is 0 Å². The lowest BCUT2D eigenvalue weighted by Gasteiger charge is -2.42. The Morgan fingerprint density at radius 3 is 1.25 bits per heavy atom. The highest BCUT2D eigenvalue weighted by Crippen LogP contribution is 2.48. The van der Waals surface area contributed by atoms with Gasteiger partial charge < -0.3 is 122 Å². The number of unbranched alkanes of at least 4 members (excludes halogenated alkanes) is 2. The fourth-order valence-corrected chi connectivity index (χ4v) is 11.1. The Labute approximate surface area is 567 Å². The minimum absolute atomic E-state index is 0.0517. The van der Waals surface area contributed by atoms with E-state index in [-0.39, 0.29) is 222 Å². The summed E-state index contributed by atoms with van der Waals surface area (Å²) in [6.07, 6.45) is -15.0. The number of nitrogens with zero attached hydrogens (tertiary/aromatic N) is 3. The number of hydrogen-bond acceptors (Lipinski definition) is 26. The van der Waals surface area contributed by atoms with Crippen molar-refractivity contribution >= 4 is 35.4 Å². The van der Waals surface area contributed by atoms with Crippen LogP contribution in [0.1, 0.15) is 72.6 Å². The highest BCUT2D eigenvalue weighted by molar-refractivity contribution is 5.82. The molecule has 4 bridgehead atoms. The highest BCUT2D eigenvalue weighted by atomic mass is 19.4. The van der Waals surface area contributed by atoms with E-state index in [2.05, 4.69) is 26.0 Å². The van der Waals surface area contributed by atoms with Gasteiger partial charge in [0.15, 0.2) is 24.2 Å². The molecule has 0 aromatic carbocycles. The van der Waals surface area contributed by atoms with Gasteiger partial charge in [-0.3, -0.25) is 28.8 Å². The van der Waals surface area contributed by atoms with Crippen molar-refractivity contribution in [1.29, 1.82) is 0 Å². The minimum Gasteiger partial charge on any atom is -0.378 e. The molecule has 0 aromatic rings. The molecule has 6 aliphatic heterocycles. The average Bonchev–Trinajstić information content (AvgIpc) is 1.58. The summed E-state index contributed by atoms with van der Waals surface area (Å²) in [6, 6.07) is -2.55. The number of primary amides is 1. The number of carbonyl (C=O) groups excluding carboxylic acids is 6. The number of nitrogens with two attached hydrogens (primary N) is 1. The van der Waals surface area contributed by atoms with Crippen LogP contribution >= 0.6 is 0 Å². The first-order chi connectivity index (χ1) is 47.1. The third kappa shape index (κ3) is 27.9. The first kappa shape index (κ1) is 82.9. The van der Waals surface area contributed by atoms with Crippen molar-refractivity contribution in [2.24, 2.45) is 10.8 Å². The SMILES string of the molecule is CC1(C)O[C@@H]2[C@@H](NC(=O)C(F)(F)F)[C@H]3OC[C@](COCCOCCOCCOCCNC(=O)CCOCC(COCCC(N)=O)(COCCC(=O)NCCOCCOCCOCCOC[C@@]45CO[C@@H](O4)[C@H](NC(=O)C(F)(F)F)[C@H]4OC(C)(C)O[C@H]45)NC(=O)CCCCCN=[N+]=[N-])(O3)[C@@H]2O1. The van der Waals surface area contributed by atoms with E-state index < -0.39 is 107 Å². The van der Waals surface area contributed by atoms with E-state index in [1.807, 2.05) is 10.6 Å². The topological polar surface area (TPSA) is 413 Å². The number of fused-ring (bicyclic) bond motifs is 8. The zero-order valence-electron chi connectivity index (χ0n) is 56.1. The Bertz CT molecular complexity index is 2440. The Kier molecular flexibility index (Phi) is 34.1. The van der Waals surface area contributed by atoms with Crippen LogP contribution in [0.3, 0.4) is 0 Å². The van der Waals surface area contributed by atoms with Crippen molar-refractivity contribution in [3.05, 3.63) is 10.4 Å². The second-order valence-electron chi connectivity index (χ2n) is 24.7. The molecular weight excluding hydrogens is 1350 g/mol. The number of nitrogens with one attached hydrogen (secondary N) is 5. The van der Waals surface area contributed by atoms with E-state index in [1.165, 1.54) is 0 Å². The first-order valence-corrected chi connectivity index (χ1v) is 32.7. The third-order valence-electron chi connectivity index (χ3n) is 15.7. The molecule has 6 amide bonds. The number of amides is 6. The number of hydrogen-bond donors (Lipinski definition) is 6. The quantitative estimate of drug-likeness (QED) is 0.0155. The Morgan fingerprint density at radius 2 is 0.869 bits per heavy atom. The molecule has 99 heavy (non-hydrogen) atoms. The summed E-state index contributed by atoms with van der Waals surface area (Å²) in [6.45, 7) is 8.76. The summed E-state index contributed by atoms with van der Waals surface area (Å²) in [4.78, 5) is 76.6. The van der Waals surface area contributed by atoms with Crippen LogP contribution in [-0.2, 0) is 119 Å². The fraction of sp³-hybridized carbons (Fsp3) is 0.898. The lowest BCUT2D eigenvalue weighted by molar-refractivity contribution is -0.218. The molecule has 0 radical (unpaired) electrons. The van der Waals surface area contributed by atoms with Gasteiger partial charge in [-0.1, -0.05) is 11.5 Å². The summed E-state index contributed by atoms with van der Waals surface area (Å²) in [5.41, 5.74) is 10.2. The number of ether oxygens (including phenoxy) is 19. The predicted octanol–water partition coefficient (Wildman–Crippen LogP) is 0.168. The summed E-state index contributed by atoms with van der Waals surface area (Å²) < 4.78 is 188. The number of carbonyl (C=O) groups is 6. The molecule has 0 aromatic heterocycles. The van der Waals surface area contributed by atoms with Crippen molar-refractivity contribution in [2.45, 2.75) is 162 Å². The monoisotopic (exact) mass is 1440 g/mol. The number of azide groups is 1. The van der Waals surface area contributed by atoms with Crippen molar-refractivity contribution < 1.29 is 145 Å². The molecule has 10 atom stereocenters. The van der Waals surface area contributed by atoms with Crippen LogP contribution in [0.15, 0.2) is 5.11 Å². The molecule has 6 rings (SSSR count). The molecule has 6 saturated heterocycles. The van der Waals surface area contributed by atoms with Gasteiger partial charge in [0.05, 0.1) is 159 Å². The second-order valence-corrected chi connectivity index (χ2v) is 24.7. The first-order valence-electron chi connectivity index (χ1n) is 32.7. The summed E-state index contributed by atoms with van der Waals surface area (Å²) >= 11 is 0. The zero-order chi connectivity index (χ0) is 72.0. The summed E-state index contributed by atoms with van der Waals surface area (Å²) in [7, 11) is 0. The van der Waals surface area contributed by atoms with Crippen molar-refractivity contribution in [2.75, 3.05) is 178 Å². The van der Waals surface area contributed by atoms with Crippen molar-refractivity contribution in [3.8, 4) is 0 Å². The zero-order valence-corrected chi connectivity index (χ0v) is 56.1. The van der Waals surface area contributed by atoms with E-state index in [0.29, 0.717) is 19.3 Å². The van der Waals surface area contributed by atoms with Crippen LogP contribution in [0.25, 0.3) is 10.4 Å². The van der Waals surface area contributed by atoms with Gasteiger partial charge in [-0.15, -0.1) is 0 Å². The largest absolute Gasteiger partial charge is 0.471 e. The molecule has 40 heteroatoms. The Hall–Kier alpha value is -5.05. The molecule has 6 fully saturated rings. The molecule has 568 valence electrons. The molecule has 0 saturated carbocycles. The fourth-order valence-electron chi connectivity index (χ4n) is 11.1. The Morgan fingerprint density at radius 1 is 0.485 bits per heavy atom. The molecule has 0 spiro atoms. The number of halogens is 6. The lowest BCUT2D eigenvalue weighted by Crippen LogP contribution is -2.66. The van der Waals surface area contributed by atoms with E-state index >= 15 is 0 Å². The summed E-state index contributed by atoms with van der Waals surface area (Å²) in [5, 5.41) is 15.8. The molecule has 0 aliphatic carbocycles. The van der Waals surface area contributed by atoms with Gasteiger partial charge in [0.1, 0.15) is 53.2 Å². The summed E-state index contributed by atoms with van der Waals surface area (Å²) in [5.74, 6) is -8.35. The highest BCUT2D eigenvalue weighted by Gasteiger charge is 2.68. The molecule has 0 unspecified atom stereocenters. The standard InChI is InChI=1S/C59H95F6N9O25/c1-53(2)94-45-43(71-51(79)58(60,61)62)49-92-37-56(98-49,47(45)96-53)35-90-30-28-85-26-24-83-22-20-81-18-13-68-40(76)10-16-88-33-55(32-87-15-9-39(66)75,73-42(78)8-6-5-7-12-70-74-67)34-89-17-11-41(77)69-14-19-82-21-23-84-25-27-86-29-31-91-36-57-38-93-50(99-57)44(72-52(80)59(63,64)65)46-48(57)97-54(3,4)95-46/h43-50H,5-38H2,1-4H3,(H2,66,75)(H,68,76)(H,69,77)(H,71,79)(H,72,80)(H,73,78)/t43-,44-,45-,46-,47-,48-,49+,50+,56+,57+/m1/s1. The minimum atomic E-state index is -5.12. The van der Waals surface area contributed by atoms with Gasteiger partial charge in [0.25, 0.3) is 0 Å². The predicted molar refractivity (Wildman–Crippen MR) is 322 cm³/mol. The lowest BCUT2D eigenvalue weighted by atomic mass is 9.88.